The van der Waals surface area contributed by atoms with Crippen molar-refractivity contribution in [3.05, 3.63) is 41.2 Å². The molecule has 0 aromatic heterocycles. The van der Waals surface area contributed by atoms with Gasteiger partial charge in [0.1, 0.15) is 11.5 Å². The van der Waals surface area contributed by atoms with E-state index in [-0.39, 0.29) is 10.8 Å². The van der Waals surface area contributed by atoms with Crippen LogP contribution in [0.15, 0.2) is 24.5 Å². The third kappa shape index (κ3) is 2.00. The molecule has 23 heavy (non-hydrogen) atoms. The van der Waals surface area contributed by atoms with Crippen LogP contribution >= 0.6 is 0 Å². The molecule has 0 atom stereocenters. The normalized spacial score (nSPS) is 23.6. The molecule has 0 aliphatic carbocycles. The van der Waals surface area contributed by atoms with E-state index in [2.05, 4.69) is 58.2 Å². The van der Waals surface area contributed by atoms with Crippen molar-refractivity contribution in [3.8, 4) is 5.75 Å². The summed E-state index contributed by atoms with van der Waals surface area (Å²) >= 11 is 0. The second kappa shape index (κ2) is 4.43. The van der Waals surface area contributed by atoms with Crippen molar-refractivity contribution in [3.63, 3.8) is 0 Å². The van der Waals surface area contributed by atoms with Crippen LogP contribution in [0.5, 0.6) is 5.75 Å². The lowest BCUT2D eigenvalue weighted by Gasteiger charge is -2.49. The molecule has 0 spiro atoms. The van der Waals surface area contributed by atoms with Crippen LogP contribution in [-0.2, 0) is 10.8 Å². The number of ether oxygens (including phenoxy) is 1. The minimum Gasteiger partial charge on any atom is -0.457 e. The molecule has 0 bridgehead atoms. The van der Waals surface area contributed by atoms with Gasteiger partial charge in [-0.15, -0.1) is 0 Å². The van der Waals surface area contributed by atoms with Crippen LogP contribution in [0, 0.1) is 0 Å². The molecule has 1 aromatic rings. The molecule has 3 aliphatic heterocycles. The largest absolute Gasteiger partial charge is 0.457 e. The number of nitrogens with zero attached hydrogens (tertiary/aromatic N) is 1. The summed E-state index contributed by atoms with van der Waals surface area (Å²) in [4.78, 5) is 2.58. The topological polar surface area (TPSA) is 12.5 Å². The standard InChI is InChI=1S/C21H27NO/c1-13-11-14(2)23-19-15(13)12-16-18-17(19)21(5,6)8-10-22(18)9-7-20(16,3)4/h11-12H,2,7-10H2,1,3-6H3. The van der Waals surface area contributed by atoms with Gasteiger partial charge < -0.3 is 9.64 Å². The highest BCUT2D eigenvalue weighted by atomic mass is 16.5. The first kappa shape index (κ1) is 14.9. The monoisotopic (exact) mass is 309 g/mol. The SMILES string of the molecule is C=C1C=C(C)c2cc3c4c(c2O1)C(C)(C)CCN4CCC3(C)C. The molecule has 0 amide bonds. The van der Waals surface area contributed by atoms with Crippen molar-refractivity contribution in [2.24, 2.45) is 0 Å². The van der Waals surface area contributed by atoms with E-state index < -0.39 is 0 Å². The first-order valence-electron chi connectivity index (χ1n) is 8.73. The van der Waals surface area contributed by atoms with Crippen molar-refractivity contribution in [2.75, 3.05) is 18.0 Å². The molecule has 2 nitrogen and oxygen atoms in total. The highest BCUT2D eigenvalue weighted by Gasteiger charge is 2.43. The van der Waals surface area contributed by atoms with Crippen LogP contribution in [0.3, 0.4) is 0 Å². The predicted molar refractivity (Wildman–Crippen MR) is 97.4 cm³/mol. The Labute approximate surface area is 139 Å². The summed E-state index contributed by atoms with van der Waals surface area (Å²) in [6, 6.07) is 2.39. The maximum atomic E-state index is 6.18. The third-order valence-electron chi connectivity index (χ3n) is 6.02. The van der Waals surface area contributed by atoms with E-state index in [1.54, 1.807) is 0 Å². The average Bonchev–Trinajstić information content (AvgIpc) is 2.44. The van der Waals surface area contributed by atoms with Gasteiger partial charge in [0.05, 0.1) is 0 Å². The maximum absolute atomic E-state index is 6.18. The quantitative estimate of drug-likeness (QED) is 0.656. The van der Waals surface area contributed by atoms with E-state index in [0.29, 0.717) is 0 Å². The lowest BCUT2D eigenvalue weighted by atomic mass is 9.68. The first-order chi connectivity index (χ1) is 10.7. The fraction of sp³-hybridized carbons (Fsp3) is 0.524. The molecule has 3 aliphatic rings. The number of fused-ring (bicyclic) bond motifs is 2. The zero-order valence-electron chi connectivity index (χ0n) is 15.0. The zero-order valence-corrected chi connectivity index (χ0v) is 15.0. The van der Waals surface area contributed by atoms with Gasteiger partial charge in [-0.3, -0.25) is 0 Å². The number of hydrogen-bond donors (Lipinski definition) is 0. The van der Waals surface area contributed by atoms with Crippen LogP contribution in [0.2, 0.25) is 0 Å². The Balaban J connectivity index is 2.11. The third-order valence-corrected chi connectivity index (χ3v) is 6.02. The Bertz CT molecular complexity index is 750. The summed E-state index contributed by atoms with van der Waals surface area (Å²) in [7, 11) is 0. The zero-order chi connectivity index (χ0) is 16.6. The Kier molecular flexibility index (Phi) is 2.87. The maximum Gasteiger partial charge on any atom is 0.140 e. The lowest BCUT2D eigenvalue weighted by Crippen LogP contribution is -2.45. The number of benzene rings is 1. The van der Waals surface area contributed by atoms with Crippen LogP contribution in [0.4, 0.5) is 5.69 Å². The Morgan fingerprint density at radius 2 is 1.74 bits per heavy atom. The molecule has 0 saturated heterocycles. The van der Waals surface area contributed by atoms with Crippen molar-refractivity contribution in [1.82, 2.24) is 0 Å². The summed E-state index contributed by atoms with van der Waals surface area (Å²) in [5.41, 5.74) is 7.22. The molecule has 0 fully saturated rings. The second-order valence-corrected chi connectivity index (χ2v) is 8.67. The number of anilines is 1. The summed E-state index contributed by atoms with van der Waals surface area (Å²) in [5.74, 6) is 1.82. The fourth-order valence-corrected chi connectivity index (χ4v) is 4.43. The summed E-state index contributed by atoms with van der Waals surface area (Å²) in [6.07, 6.45) is 4.45. The molecule has 0 N–H and O–H groups in total. The van der Waals surface area contributed by atoms with E-state index in [9.17, 15) is 0 Å². The van der Waals surface area contributed by atoms with E-state index in [0.717, 1.165) is 24.6 Å². The van der Waals surface area contributed by atoms with E-state index in [4.69, 9.17) is 4.74 Å². The Morgan fingerprint density at radius 1 is 1.09 bits per heavy atom. The van der Waals surface area contributed by atoms with Gasteiger partial charge in [-0.25, -0.2) is 0 Å². The molecule has 0 saturated carbocycles. The van der Waals surface area contributed by atoms with E-state index in [1.807, 2.05) is 0 Å². The first-order valence-corrected chi connectivity index (χ1v) is 8.73. The number of rotatable bonds is 0. The van der Waals surface area contributed by atoms with Crippen LogP contribution < -0.4 is 9.64 Å². The van der Waals surface area contributed by atoms with Gasteiger partial charge in [0, 0.05) is 29.9 Å². The van der Waals surface area contributed by atoms with Crippen LogP contribution in [-0.4, -0.2) is 13.1 Å². The van der Waals surface area contributed by atoms with Gasteiger partial charge in [0.2, 0.25) is 0 Å². The molecular weight excluding hydrogens is 282 g/mol. The molecule has 4 rings (SSSR count). The Morgan fingerprint density at radius 3 is 2.43 bits per heavy atom. The van der Waals surface area contributed by atoms with Crippen LogP contribution in [0.25, 0.3) is 5.57 Å². The van der Waals surface area contributed by atoms with Crippen molar-refractivity contribution < 1.29 is 4.74 Å². The van der Waals surface area contributed by atoms with Gasteiger partial charge in [-0.05, 0) is 53.9 Å². The summed E-state index contributed by atoms with van der Waals surface area (Å²) in [5, 5.41) is 0. The molecule has 122 valence electrons. The molecular formula is C21H27NO. The minimum absolute atomic E-state index is 0.136. The van der Waals surface area contributed by atoms with Crippen molar-refractivity contribution in [1.29, 1.82) is 0 Å². The molecule has 3 heterocycles. The van der Waals surface area contributed by atoms with Gasteiger partial charge in [-0.2, -0.15) is 0 Å². The highest BCUT2D eigenvalue weighted by molar-refractivity contribution is 5.83. The summed E-state index contributed by atoms with van der Waals surface area (Å²) in [6.45, 7) is 18.0. The predicted octanol–water partition coefficient (Wildman–Crippen LogP) is 5.17. The summed E-state index contributed by atoms with van der Waals surface area (Å²) < 4.78 is 6.18. The average molecular weight is 309 g/mol. The van der Waals surface area contributed by atoms with Gasteiger partial charge in [-0.1, -0.05) is 34.3 Å². The van der Waals surface area contributed by atoms with Gasteiger partial charge >= 0.3 is 0 Å². The van der Waals surface area contributed by atoms with Gasteiger partial charge in [0.25, 0.3) is 0 Å². The fourth-order valence-electron chi connectivity index (χ4n) is 4.43. The van der Waals surface area contributed by atoms with Crippen LogP contribution in [0.1, 0.15) is 64.2 Å². The van der Waals surface area contributed by atoms with E-state index >= 15 is 0 Å². The van der Waals surface area contributed by atoms with Crippen molar-refractivity contribution >= 4 is 11.3 Å². The van der Waals surface area contributed by atoms with E-state index in [1.165, 1.54) is 40.8 Å². The molecule has 2 heteroatoms. The van der Waals surface area contributed by atoms with Gasteiger partial charge in [0.15, 0.2) is 0 Å². The lowest BCUT2D eigenvalue weighted by molar-refractivity contribution is 0.372. The number of hydrogen-bond acceptors (Lipinski definition) is 2. The molecule has 0 radical (unpaired) electrons. The number of allylic oxidation sites excluding steroid dienone is 2. The molecule has 0 unspecified atom stereocenters. The molecule has 1 aromatic carbocycles. The minimum atomic E-state index is 0.136. The highest BCUT2D eigenvalue weighted by Crippen LogP contribution is 2.55. The van der Waals surface area contributed by atoms with Crippen molar-refractivity contribution in [2.45, 2.75) is 58.3 Å². The smallest absolute Gasteiger partial charge is 0.140 e. The second-order valence-electron chi connectivity index (χ2n) is 8.67. The Hall–Kier alpha value is -1.70.